The summed E-state index contributed by atoms with van der Waals surface area (Å²) in [6.45, 7) is 6.96. The highest BCUT2D eigenvalue weighted by Gasteiger charge is 2.49. The standard InChI is InChI=1S/C32H35FN4O8/c1-18-9-8-12-22(42-14-13-34-31(41)45-32(2,3)4)24(18)21-15-20-16-37(30(40)36-27(20)35-21)28-25(33)26(23(17-38)43-28)44-29(39)19-10-6-5-7-11-19/h5-12,15-16,23,25-26,28,38H,13-14,17H2,1-4H3,(H,34,41)(H,35,36,40). The van der Waals surface area contributed by atoms with Gasteiger partial charge < -0.3 is 34.4 Å². The normalized spacial score (nSPS) is 19.8. The molecule has 0 aliphatic carbocycles. The number of alkyl halides is 1. The molecule has 3 N–H and O–H groups in total. The van der Waals surface area contributed by atoms with Crippen molar-refractivity contribution in [2.24, 2.45) is 0 Å². The molecule has 3 heterocycles. The van der Waals surface area contributed by atoms with Gasteiger partial charge in [0, 0.05) is 17.1 Å². The average Bonchev–Trinajstić information content (AvgIpc) is 3.53. The zero-order valence-electron chi connectivity index (χ0n) is 25.3. The van der Waals surface area contributed by atoms with E-state index in [0.29, 0.717) is 22.4 Å². The first-order valence-corrected chi connectivity index (χ1v) is 14.4. The van der Waals surface area contributed by atoms with Gasteiger partial charge in [0.15, 0.2) is 18.5 Å². The molecule has 0 spiro atoms. The SMILES string of the molecule is Cc1cccc(OCCNC(=O)OC(C)(C)C)c1-c1cc2cn(C3OC(CO)C(OC(=O)c4ccccc4)C3F)c(=O)nc2[nH]1. The predicted molar refractivity (Wildman–Crippen MR) is 162 cm³/mol. The van der Waals surface area contributed by atoms with Gasteiger partial charge in [-0.15, -0.1) is 0 Å². The number of nitrogens with one attached hydrogen (secondary N) is 2. The lowest BCUT2D eigenvalue weighted by atomic mass is 10.0. The van der Waals surface area contributed by atoms with Crippen LogP contribution in [0.4, 0.5) is 9.18 Å². The summed E-state index contributed by atoms with van der Waals surface area (Å²) in [6.07, 6.45) is -5.25. The van der Waals surface area contributed by atoms with Crippen molar-refractivity contribution in [1.29, 1.82) is 0 Å². The quantitative estimate of drug-likeness (QED) is 0.185. The Morgan fingerprint density at radius 2 is 1.91 bits per heavy atom. The van der Waals surface area contributed by atoms with Crippen LogP contribution >= 0.6 is 0 Å². The summed E-state index contributed by atoms with van der Waals surface area (Å²) in [5.74, 6) is -0.251. The maximum atomic E-state index is 15.7. The lowest BCUT2D eigenvalue weighted by Gasteiger charge is -2.20. The minimum absolute atomic E-state index is 0.165. The predicted octanol–water partition coefficient (Wildman–Crippen LogP) is 4.06. The number of fused-ring (bicyclic) bond motifs is 1. The second-order valence-electron chi connectivity index (χ2n) is 11.6. The number of esters is 1. The molecule has 2 aromatic carbocycles. The van der Waals surface area contributed by atoms with E-state index in [-0.39, 0.29) is 24.4 Å². The monoisotopic (exact) mass is 622 g/mol. The van der Waals surface area contributed by atoms with Crippen LogP contribution in [-0.2, 0) is 14.2 Å². The lowest BCUT2D eigenvalue weighted by Crippen LogP contribution is -2.37. The highest BCUT2D eigenvalue weighted by Crippen LogP contribution is 2.36. The second kappa shape index (κ2) is 13.1. The molecular formula is C32H35FN4O8. The maximum Gasteiger partial charge on any atom is 0.407 e. The van der Waals surface area contributed by atoms with Crippen LogP contribution in [0, 0.1) is 6.92 Å². The van der Waals surface area contributed by atoms with Crippen molar-refractivity contribution in [1.82, 2.24) is 19.9 Å². The Morgan fingerprint density at radius 1 is 1.16 bits per heavy atom. The van der Waals surface area contributed by atoms with Crippen LogP contribution in [-0.4, -0.2) is 75.4 Å². The van der Waals surface area contributed by atoms with Crippen molar-refractivity contribution in [3.05, 3.63) is 82.4 Å². The van der Waals surface area contributed by atoms with Gasteiger partial charge in [-0.1, -0.05) is 30.3 Å². The molecule has 0 bridgehead atoms. The van der Waals surface area contributed by atoms with Crippen molar-refractivity contribution < 1.29 is 38.0 Å². The molecule has 2 aromatic heterocycles. The zero-order chi connectivity index (χ0) is 32.3. The maximum absolute atomic E-state index is 15.7. The number of hydrogen-bond acceptors (Lipinski definition) is 9. The first-order valence-electron chi connectivity index (χ1n) is 14.4. The number of nitrogens with zero attached hydrogens (tertiary/aromatic N) is 2. The van der Waals surface area contributed by atoms with E-state index in [1.54, 1.807) is 51.1 Å². The third kappa shape index (κ3) is 7.15. The molecule has 0 saturated carbocycles. The molecule has 1 saturated heterocycles. The van der Waals surface area contributed by atoms with E-state index in [1.807, 2.05) is 19.1 Å². The van der Waals surface area contributed by atoms with Gasteiger partial charge in [0.2, 0.25) is 0 Å². The minimum Gasteiger partial charge on any atom is -0.491 e. The summed E-state index contributed by atoms with van der Waals surface area (Å²) in [6, 6.07) is 15.3. The van der Waals surface area contributed by atoms with Crippen LogP contribution in [0.25, 0.3) is 22.3 Å². The Bertz CT molecular complexity index is 1730. The van der Waals surface area contributed by atoms with Gasteiger partial charge in [-0.3, -0.25) is 4.57 Å². The number of carbonyl (C=O) groups excluding carboxylic acids is 2. The number of aryl methyl sites for hydroxylation is 1. The number of hydrogen-bond donors (Lipinski definition) is 3. The topological polar surface area (TPSA) is 154 Å². The van der Waals surface area contributed by atoms with Gasteiger partial charge in [-0.05, 0) is 57.5 Å². The molecule has 45 heavy (non-hydrogen) atoms. The van der Waals surface area contributed by atoms with Gasteiger partial charge >= 0.3 is 17.8 Å². The number of ether oxygens (including phenoxy) is 4. The molecule has 238 valence electrons. The largest absolute Gasteiger partial charge is 0.491 e. The highest BCUT2D eigenvalue weighted by atomic mass is 19.1. The van der Waals surface area contributed by atoms with Gasteiger partial charge in [-0.25, -0.2) is 18.8 Å². The molecular weight excluding hydrogens is 587 g/mol. The molecule has 1 amide bonds. The number of benzene rings is 2. The number of aromatic nitrogens is 3. The molecule has 0 radical (unpaired) electrons. The highest BCUT2D eigenvalue weighted by molar-refractivity contribution is 5.89. The van der Waals surface area contributed by atoms with Crippen molar-refractivity contribution in [3.8, 4) is 17.0 Å². The Kier molecular flexibility index (Phi) is 9.21. The van der Waals surface area contributed by atoms with Gasteiger partial charge in [0.1, 0.15) is 29.7 Å². The number of aliphatic hydroxyl groups is 1. The van der Waals surface area contributed by atoms with E-state index < -0.39 is 54.6 Å². The Labute approximate surface area is 258 Å². The van der Waals surface area contributed by atoms with E-state index in [2.05, 4.69) is 15.3 Å². The van der Waals surface area contributed by atoms with E-state index in [9.17, 15) is 19.5 Å². The molecule has 5 rings (SSSR count). The number of aromatic amines is 1. The number of alkyl carbamates (subject to hydrolysis) is 1. The fraction of sp³-hybridized carbons (Fsp3) is 0.375. The molecule has 1 aliphatic rings. The van der Waals surface area contributed by atoms with Crippen LogP contribution in [0.3, 0.4) is 0 Å². The number of aliphatic hydroxyl groups excluding tert-OH is 1. The van der Waals surface area contributed by atoms with Crippen molar-refractivity contribution in [2.75, 3.05) is 19.8 Å². The fourth-order valence-electron chi connectivity index (χ4n) is 5.03. The van der Waals surface area contributed by atoms with Crippen LogP contribution in [0.5, 0.6) is 5.75 Å². The third-order valence-corrected chi connectivity index (χ3v) is 7.04. The minimum atomic E-state index is -1.96. The Morgan fingerprint density at radius 3 is 2.62 bits per heavy atom. The summed E-state index contributed by atoms with van der Waals surface area (Å²) in [4.78, 5) is 44.8. The van der Waals surface area contributed by atoms with E-state index >= 15 is 4.39 Å². The molecule has 4 aromatic rings. The number of halogens is 1. The van der Waals surface area contributed by atoms with Crippen molar-refractivity contribution in [2.45, 2.75) is 57.9 Å². The fourth-order valence-corrected chi connectivity index (χ4v) is 5.03. The molecule has 12 nitrogen and oxygen atoms in total. The van der Waals surface area contributed by atoms with Crippen LogP contribution in [0.1, 0.15) is 42.9 Å². The number of rotatable bonds is 9. The van der Waals surface area contributed by atoms with E-state index in [4.69, 9.17) is 18.9 Å². The molecule has 4 atom stereocenters. The molecule has 1 aliphatic heterocycles. The summed E-state index contributed by atoms with van der Waals surface area (Å²) >= 11 is 0. The number of carbonyl (C=O) groups is 2. The summed E-state index contributed by atoms with van der Waals surface area (Å²) < 4.78 is 39.0. The molecule has 13 heteroatoms. The van der Waals surface area contributed by atoms with Crippen LogP contribution < -0.4 is 15.7 Å². The van der Waals surface area contributed by atoms with Crippen molar-refractivity contribution >= 4 is 23.1 Å². The Balaban J connectivity index is 1.35. The molecule has 4 unspecified atom stereocenters. The van der Waals surface area contributed by atoms with Gasteiger partial charge in [0.05, 0.1) is 24.4 Å². The van der Waals surface area contributed by atoms with E-state index in [0.717, 1.165) is 10.1 Å². The van der Waals surface area contributed by atoms with Crippen LogP contribution in [0.2, 0.25) is 0 Å². The average molecular weight is 623 g/mol. The first-order chi connectivity index (χ1) is 21.4. The summed E-state index contributed by atoms with van der Waals surface area (Å²) in [7, 11) is 0. The second-order valence-corrected chi connectivity index (χ2v) is 11.6. The number of amides is 1. The van der Waals surface area contributed by atoms with Gasteiger partial charge in [-0.2, -0.15) is 4.98 Å². The van der Waals surface area contributed by atoms with Crippen molar-refractivity contribution in [3.63, 3.8) is 0 Å². The van der Waals surface area contributed by atoms with Gasteiger partial charge in [0.25, 0.3) is 0 Å². The lowest BCUT2D eigenvalue weighted by molar-refractivity contribution is -0.0532. The van der Waals surface area contributed by atoms with Crippen LogP contribution in [0.15, 0.2) is 65.6 Å². The smallest absolute Gasteiger partial charge is 0.407 e. The summed E-state index contributed by atoms with van der Waals surface area (Å²) in [5, 5.41) is 13.0. The van der Waals surface area contributed by atoms with E-state index in [1.165, 1.54) is 18.3 Å². The Hall–Kier alpha value is -4.75. The first kappa shape index (κ1) is 31.7. The number of H-pyrrole nitrogens is 1. The summed E-state index contributed by atoms with van der Waals surface area (Å²) in [5.41, 5.74) is 1.22. The molecule has 1 fully saturated rings. The third-order valence-electron chi connectivity index (χ3n) is 7.04. The zero-order valence-corrected chi connectivity index (χ0v) is 25.3.